The van der Waals surface area contributed by atoms with E-state index in [0.717, 1.165) is 0 Å². The second-order valence-corrected chi connectivity index (χ2v) is 7.13. The summed E-state index contributed by atoms with van der Waals surface area (Å²) in [5.74, 6) is 1.50. The third kappa shape index (κ3) is 2.61. The number of hydrogen-bond acceptors (Lipinski definition) is 8. The minimum atomic E-state index is -1.76. The Morgan fingerprint density at radius 1 is 0.857 bits per heavy atom. The van der Waals surface area contributed by atoms with Gasteiger partial charge in [0.15, 0.2) is 23.0 Å². The molecule has 3 aliphatic rings. The first-order valence-electron chi connectivity index (χ1n) is 9.02. The Morgan fingerprint density at radius 2 is 1.43 bits per heavy atom. The molecule has 0 saturated carbocycles. The van der Waals surface area contributed by atoms with Gasteiger partial charge < -0.3 is 39.0 Å². The molecule has 3 N–H and O–H groups in total. The van der Waals surface area contributed by atoms with Crippen molar-refractivity contribution >= 4 is 0 Å². The number of aliphatic hydroxyl groups excluding tert-OH is 2. The fourth-order valence-corrected chi connectivity index (χ4v) is 4.19. The normalized spacial score (nSPS) is 30.5. The second-order valence-electron chi connectivity index (χ2n) is 7.13. The molecule has 1 saturated heterocycles. The van der Waals surface area contributed by atoms with E-state index in [1.54, 1.807) is 36.4 Å². The van der Waals surface area contributed by atoms with Gasteiger partial charge in [-0.05, 0) is 35.4 Å². The van der Waals surface area contributed by atoms with Gasteiger partial charge in [-0.25, -0.2) is 0 Å². The first kappa shape index (κ1) is 17.6. The van der Waals surface area contributed by atoms with Gasteiger partial charge in [0.1, 0.15) is 11.7 Å². The van der Waals surface area contributed by atoms with Gasteiger partial charge in [0, 0.05) is 5.92 Å². The van der Waals surface area contributed by atoms with Crippen molar-refractivity contribution in [3.63, 3.8) is 0 Å². The topological polar surface area (TPSA) is 107 Å². The van der Waals surface area contributed by atoms with Gasteiger partial charge in [0.25, 0.3) is 0 Å². The van der Waals surface area contributed by atoms with Gasteiger partial charge in [-0.2, -0.15) is 0 Å². The SMILES string of the molecule is OC[C@]1(O)[C@@H](c2ccc3c(c2)OCO3)OC[C@H](O)[C@H]1c1ccc2c(c1)OCO2. The molecule has 0 amide bonds. The minimum absolute atomic E-state index is 0.000523. The Balaban J connectivity index is 1.55. The lowest BCUT2D eigenvalue weighted by Gasteiger charge is -2.47. The van der Waals surface area contributed by atoms with Crippen molar-refractivity contribution < 1.29 is 39.0 Å². The highest BCUT2D eigenvalue weighted by atomic mass is 16.7. The molecule has 0 radical (unpaired) electrons. The Kier molecular flexibility index (Phi) is 4.09. The van der Waals surface area contributed by atoms with Crippen LogP contribution in [-0.2, 0) is 4.74 Å². The van der Waals surface area contributed by atoms with Crippen molar-refractivity contribution in [3.8, 4) is 23.0 Å². The average molecular weight is 388 g/mol. The summed E-state index contributed by atoms with van der Waals surface area (Å²) in [6, 6.07) is 10.4. The predicted molar refractivity (Wildman–Crippen MR) is 94.6 cm³/mol. The first-order chi connectivity index (χ1) is 13.6. The molecule has 0 aromatic heterocycles. The maximum atomic E-state index is 11.5. The van der Waals surface area contributed by atoms with Crippen molar-refractivity contribution in [2.24, 2.45) is 0 Å². The van der Waals surface area contributed by atoms with Crippen LogP contribution in [-0.4, -0.2) is 53.8 Å². The molecular formula is C20H20O8. The van der Waals surface area contributed by atoms with Crippen molar-refractivity contribution in [3.05, 3.63) is 47.5 Å². The van der Waals surface area contributed by atoms with Gasteiger partial charge in [0.05, 0.1) is 19.3 Å². The maximum Gasteiger partial charge on any atom is 0.231 e. The Labute approximate surface area is 160 Å². The van der Waals surface area contributed by atoms with Gasteiger partial charge in [0.2, 0.25) is 13.6 Å². The molecule has 0 bridgehead atoms. The highest BCUT2D eigenvalue weighted by Gasteiger charge is 2.53. The molecule has 2 aromatic rings. The van der Waals surface area contributed by atoms with Crippen molar-refractivity contribution in [2.45, 2.75) is 23.7 Å². The molecular weight excluding hydrogens is 368 g/mol. The molecule has 4 atom stereocenters. The second kappa shape index (κ2) is 6.52. The number of aliphatic hydroxyl groups is 3. The minimum Gasteiger partial charge on any atom is -0.454 e. The van der Waals surface area contributed by atoms with E-state index in [2.05, 4.69) is 0 Å². The molecule has 8 nitrogen and oxygen atoms in total. The van der Waals surface area contributed by atoms with Crippen LogP contribution in [0.25, 0.3) is 0 Å². The smallest absolute Gasteiger partial charge is 0.231 e. The highest BCUT2D eigenvalue weighted by Crippen LogP contribution is 2.49. The summed E-state index contributed by atoms with van der Waals surface area (Å²) in [5.41, 5.74) is -0.514. The van der Waals surface area contributed by atoms with Crippen LogP contribution in [0.4, 0.5) is 0 Å². The zero-order valence-electron chi connectivity index (χ0n) is 14.9. The molecule has 0 aliphatic carbocycles. The summed E-state index contributed by atoms with van der Waals surface area (Å²) < 4.78 is 27.3. The van der Waals surface area contributed by atoms with Crippen LogP contribution in [0.1, 0.15) is 23.1 Å². The van der Waals surface area contributed by atoms with Crippen LogP contribution in [0.3, 0.4) is 0 Å². The largest absolute Gasteiger partial charge is 0.454 e. The maximum absolute atomic E-state index is 11.5. The quantitative estimate of drug-likeness (QED) is 0.717. The molecule has 5 rings (SSSR count). The number of benzene rings is 2. The van der Waals surface area contributed by atoms with E-state index in [1.807, 2.05) is 0 Å². The highest BCUT2D eigenvalue weighted by molar-refractivity contribution is 5.48. The van der Waals surface area contributed by atoms with Gasteiger partial charge in [-0.3, -0.25) is 0 Å². The third-order valence-electron chi connectivity index (χ3n) is 5.52. The van der Waals surface area contributed by atoms with Gasteiger partial charge in [-0.15, -0.1) is 0 Å². The van der Waals surface area contributed by atoms with Crippen LogP contribution in [0.15, 0.2) is 36.4 Å². The fraction of sp³-hybridized carbons (Fsp3) is 0.400. The summed E-state index contributed by atoms with van der Waals surface area (Å²) in [7, 11) is 0. The molecule has 148 valence electrons. The molecule has 1 fully saturated rings. The molecule has 3 heterocycles. The first-order valence-corrected chi connectivity index (χ1v) is 9.02. The van der Waals surface area contributed by atoms with Gasteiger partial charge >= 0.3 is 0 Å². The molecule has 0 unspecified atom stereocenters. The van der Waals surface area contributed by atoms with E-state index in [-0.39, 0.29) is 20.2 Å². The molecule has 28 heavy (non-hydrogen) atoms. The number of fused-ring (bicyclic) bond motifs is 2. The van der Waals surface area contributed by atoms with E-state index in [1.165, 1.54) is 0 Å². The number of hydrogen-bond donors (Lipinski definition) is 3. The summed E-state index contributed by atoms with van der Waals surface area (Å²) in [6.45, 7) is -0.352. The van der Waals surface area contributed by atoms with Crippen LogP contribution < -0.4 is 18.9 Å². The van der Waals surface area contributed by atoms with Crippen molar-refractivity contribution in [1.82, 2.24) is 0 Å². The van der Waals surface area contributed by atoms with E-state index in [4.69, 9.17) is 23.7 Å². The molecule has 0 spiro atoms. The lowest BCUT2D eigenvalue weighted by atomic mass is 9.72. The van der Waals surface area contributed by atoms with Crippen LogP contribution in [0.5, 0.6) is 23.0 Å². The molecule has 3 aliphatic heterocycles. The monoisotopic (exact) mass is 388 g/mol. The van der Waals surface area contributed by atoms with E-state index in [0.29, 0.717) is 34.1 Å². The number of ether oxygens (including phenoxy) is 5. The van der Waals surface area contributed by atoms with Crippen molar-refractivity contribution in [2.75, 3.05) is 26.8 Å². The summed E-state index contributed by atoms with van der Waals surface area (Å²) in [6.07, 6.45) is -1.88. The average Bonchev–Trinajstić information content (AvgIpc) is 3.36. The Morgan fingerprint density at radius 3 is 2.07 bits per heavy atom. The van der Waals surface area contributed by atoms with E-state index < -0.39 is 30.3 Å². The molecule has 8 heteroatoms. The van der Waals surface area contributed by atoms with Crippen molar-refractivity contribution in [1.29, 1.82) is 0 Å². The summed E-state index contributed by atoms with van der Waals surface area (Å²) in [5, 5.41) is 32.3. The summed E-state index contributed by atoms with van der Waals surface area (Å²) >= 11 is 0. The zero-order valence-corrected chi connectivity index (χ0v) is 14.9. The van der Waals surface area contributed by atoms with E-state index in [9.17, 15) is 15.3 Å². The zero-order chi connectivity index (χ0) is 19.3. The standard InChI is InChI=1S/C20H20O8/c21-8-20(23)18(11-1-3-14-16(5-11)27-9-25-14)13(22)7-24-19(20)12-2-4-15-17(6-12)28-10-26-15/h1-6,13,18-19,21-23H,7-10H2/t13-,18+,19+,20+/m0/s1. The Hall–Kier alpha value is -2.52. The Bertz CT molecular complexity index is 900. The predicted octanol–water partition coefficient (Wildman–Crippen LogP) is 1.08. The lowest BCUT2D eigenvalue weighted by Crippen LogP contribution is -2.56. The van der Waals surface area contributed by atoms with Gasteiger partial charge in [-0.1, -0.05) is 12.1 Å². The lowest BCUT2D eigenvalue weighted by molar-refractivity contribution is -0.213. The molecule has 2 aromatic carbocycles. The third-order valence-corrected chi connectivity index (χ3v) is 5.52. The summed E-state index contributed by atoms with van der Waals surface area (Å²) in [4.78, 5) is 0. The van der Waals surface area contributed by atoms with E-state index >= 15 is 0 Å². The van der Waals surface area contributed by atoms with Crippen LogP contribution >= 0.6 is 0 Å². The fourth-order valence-electron chi connectivity index (χ4n) is 4.19. The van der Waals surface area contributed by atoms with Crippen LogP contribution in [0.2, 0.25) is 0 Å². The number of rotatable bonds is 3. The van der Waals surface area contributed by atoms with Crippen LogP contribution in [0, 0.1) is 0 Å².